The van der Waals surface area contributed by atoms with Crippen molar-refractivity contribution in [3.05, 3.63) is 47.7 Å². The summed E-state index contributed by atoms with van der Waals surface area (Å²) in [5, 5.41) is 19.9. The first-order valence-electron chi connectivity index (χ1n) is 10.6. The van der Waals surface area contributed by atoms with Gasteiger partial charge in [-0.3, -0.25) is 19.2 Å². The molecule has 2 fully saturated rings. The van der Waals surface area contributed by atoms with Crippen LogP contribution in [0.5, 0.6) is 5.75 Å². The van der Waals surface area contributed by atoms with Crippen LogP contribution in [0.3, 0.4) is 0 Å². The van der Waals surface area contributed by atoms with Crippen molar-refractivity contribution in [2.75, 3.05) is 13.1 Å². The van der Waals surface area contributed by atoms with Gasteiger partial charge in [-0.1, -0.05) is 18.7 Å². The van der Waals surface area contributed by atoms with E-state index in [9.17, 15) is 39.1 Å². The molecule has 2 aliphatic rings. The molecule has 0 radical (unpaired) electrons. The number of hydrogen-bond acceptors (Lipinski definition) is 10. The van der Waals surface area contributed by atoms with E-state index in [4.69, 9.17) is 9.68 Å². The third-order valence-electron chi connectivity index (χ3n) is 5.02. The molecule has 13 heteroatoms. The zero-order valence-corrected chi connectivity index (χ0v) is 18.8. The number of carbonyl (C=O) groups excluding carboxylic acids is 6. The Kier molecular flexibility index (Phi) is 7.80. The molecule has 1 aromatic carbocycles. The first-order valence-corrected chi connectivity index (χ1v) is 10.6. The Morgan fingerprint density at radius 2 is 1.44 bits per heavy atom. The molecule has 2 heterocycles. The van der Waals surface area contributed by atoms with Gasteiger partial charge in [-0.25, -0.2) is 9.59 Å². The van der Waals surface area contributed by atoms with Gasteiger partial charge < -0.3 is 19.7 Å². The molecule has 1 N–H and O–H groups in total. The molecular weight excluding hydrogens is 476 g/mol. The van der Waals surface area contributed by atoms with Crippen molar-refractivity contribution in [3.63, 3.8) is 0 Å². The molecule has 0 saturated carbocycles. The van der Waals surface area contributed by atoms with E-state index in [0.29, 0.717) is 15.5 Å². The van der Waals surface area contributed by atoms with Crippen LogP contribution in [-0.4, -0.2) is 68.8 Å². The van der Waals surface area contributed by atoms with E-state index < -0.39 is 54.2 Å². The Hall–Kier alpha value is -4.99. The predicted octanol–water partition coefficient (Wildman–Crippen LogP) is 0.329. The lowest BCUT2D eigenvalue weighted by Gasteiger charge is -2.23. The number of hydrogen-bond donors (Lipinski definition) is 1. The Labute approximate surface area is 204 Å². The second kappa shape index (κ2) is 11.0. The van der Waals surface area contributed by atoms with Crippen LogP contribution in [0.1, 0.15) is 31.2 Å². The van der Waals surface area contributed by atoms with E-state index in [-0.39, 0.29) is 42.2 Å². The molecule has 0 bridgehead atoms. The first-order chi connectivity index (χ1) is 17.1. The molecule has 0 spiro atoms. The number of nitriles is 1. The maximum absolute atomic E-state index is 13.1. The van der Waals surface area contributed by atoms with Gasteiger partial charge in [0.25, 0.3) is 23.6 Å². The molecule has 3 rings (SSSR count). The summed E-state index contributed by atoms with van der Waals surface area (Å²) in [6, 6.07) is 7.15. The molecule has 36 heavy (non-hydrogen) atoms. The molecule has 1 aromatic rings. The fraction of sp³-hybridized carbons (Fsp3) is 0.261. The van der Waals surface area contributed by atoms with Gasteiger partial charge >= 0.3 is 11.9 Å². The van der Waals surface area contributed by atoms with Gasteiger partial charge in [0.15, 0.2) is 0 Å². The molecule has 0 unspecified atom stereocenters. The molecule has 4 amide bonds. The third kappa shape index (κ3) is 6.11. The minimum Gasteiger partial charge on any atom is -0.508 e. The summed E-state index contributed by atoms with van der Waals surface area (Å²) >= 11 is 0. The highest BCUT2D eigenvalue weighted by molar-refractivity contribution is 6.04. The normalized spacial score (nSPS) is 15.7. The summed E-state index contributed by atoms with van der Waals surface area (Å²) in [6.45, 7) is 1.78. The quantitative estimate of drug-likeness (QED) is 0.300. The Morgan fingerprint density at radius 1 is 0.944 bits per heavy atom. The number of rotatable bonds is 8. The number of nitrogens with zero attached hydrogens (tertiary/aromatic N) is 4. The third-order valence-corrected chi connectivity index (χ3v) is 5.02. The van der Waals surface area contributed by atoms with Gasteiger partial charge in [0.2, 0.25) is 0 Å². The highest BCUT2D eigenvalue weighted by Crippen LogP contribution is 2.21. The SMILES string of the molecule is C=C1CCC(=O)N1OC(=O)CN(CC(=O)ON1C(=O)CCC1=O)C(=O)/C(C#N)=C/c1ccc(O)cc1. The lowest BCUT2D eigenvalue weighted by molar-refractivity contribution is -0.199. The van der Waals surface area contributed by atoms with E-state index >= 15 is 0 Å². The van der Waals surface area contributed by atoms with E-state index in [1.807, 2.05) is 0 Å². The smallest absolute Gasteiger partial charge is 0.352 e. The van der Waals surface area contributed by atoms with Crippen molar-refractivity contribution < 1.29 is 43.5 Å². The number of allylic oxidation sites excluding steroid dienone is 1. The van der Waals surface area contributed by atoms with Gasteiger partial charge in [0.05, 0.1) is 5.70 Å². The van der Waals surface area contributed by atoms with E-state index in [2.05, 4.69) is 6.58 Å². The molecule has 13 nitrogen and oxygen atoms in total. The Balaban J connectivity index is 1.80. The van der Waals surface area contributed by atoms with Gasteiger partial charge in [-0.15, -0.1) is 10.1 Å². The van der Waals surface area contributed by atoms with Crippen molar-refractivity contribution in [3.8, 4) is 11.8 Å². The highest BCUT2D eigenvalue weighted by Gasteiger charge is 2.35. The number of benzene rings is 1. The van der Waals surface area contributed by atoms with Gasteiger partial charge in [0.1, 0.15) is 30.5 Å². The van der Waals surface area contributed by atoms with Crippen LogP contribution in [0.15, 0.2) is 42.1 Å². The van der Waals surface area contributed by atoms with Crippen molar-refractivity contribution in [2.24, 2.45) is 0 Å². The number of hydroxylamine groups is 4. The fourth-order valence-electron chi connectivity index (χ4n) is 3.23. The van der Waals surface area contributed by atoms with E-state index in [1.165, 1.54) is 24.3 Å². The van der Waals surface area contributed by atoms with Crippen LogP contribution >= 0.6 is 0 Å². The second-order valence-corrected chi connectivity index (χ2v) is 7.69. The van der Waals surface area contributed by atoms with E-state index in [1.54, 1.807) is 6.07 Å². The number of amides is 4. The molecule has 0 aromatic heterocycles. The van der Waals surface area contributed by atoms with Crippen LogP contribution < -0.4 is 0 Å². The largest absolute Gasteiger partial charge is 0.508 e. The summed E-state index contributed by atoms with van der Waals surface area (Å²) < 4.78 is 0. The summed E-state index contributed by atoms with van der Waals surface area (Å²) in [6.07, 6.45) is 1.20. The van der Waals surface area contributed by atoms with E-state index in [0.717, 1.165) is 6.08 Å². The topological polar surface area (TPSA) is 175 Å². The maximum atomic E-state index is 13.1. The Bertz CT molecular complexity index is 1130. The highest BCUT2D eigenvalue weighted by atomic mass is 16.7. The molecule has 0 atom stereocenters. The standard InChI is InChI=1S/C23H20N4O9/c1-14-2-7-18(29)26(14)35-21(32)12-25(13-22(33)36-27-19(30)8-9-20(27)31)23(34)16(11-24)10-15-3-5-17(28)6-4-15/h3-6,10,28H,1-2,7-9,12-13H2/b16-10+. The second-order valence-electron chi connectivity index (χ2n) is 7.69. The molecule has 186 valence electrons. The summed E-state index contributed by atoms with van der Waals surface area (Å²) in [5.74, 6) is -5.51. The number of phenols is 1. The molecule has 0 aliphatic carbocycles. The molecule has 2 saturated heterocycles. The number of carbonyl (C=O) groups is 6. The fourth-order valence-corrected chi connectivity index (χ4v) is 3.23. The lowest BCUT2D eigenvalue weighted by Crippen LogP contribution is -2.44. The minimum absolute atomic E-state index is 0.0480. The van der Waals surface area contributed by atoms with Gasteiger partial charge in [-0.05, 0) is 30.2 Å². The maximum Gasteiger partial charge on any atom is 0.352 e. The number of imide groups is 1. The van der Waals surface area contributed by atoms with Crippen LogP contribution in [-0.2, 0) is 38.4 Å². The van der Waals surface area contributed by atoms with Crippen LogP contribution in [0.25, 0.3) is 6.08 Å². The summed E-state index contributed by atoms with van der Waals surface area (Å²) in [4.78, 5) is 83.6. The predicted molar refractivity (Wildman–Crippen MR) is 117 cm³/mol. The zero-order valence-electron chi connectivity index (χ0n) is 18.8. The van der Waals surface area contributed by atoms with Crippen molar-refractivity contribution in [1.82, 2.24) is 15.0 Å². The van der Waals surface area contributed by atoms with Crippen molar-refractivity contribution in [1.29, 1.82) is 5.26 Å². The summed E-state index contributed by atoms with van der Waals surface area (Å²) in [7, 11) is 0. The molecule has 2 aliphatic heterocycles. The van der Waals surface area contributed by atoms with Crippen LogP contribution in [0.4, 0.5) is 0 Å². The average molecular weight is 496 g/mol. The summed E-state index contributed by atoms with van der Waals surface area (Å²) in [5.41, 5.74) is 0.0907. The number of aromatic hydroxyl groups is 1. The van der Waals surface area contributed by atoms with Gasteiger partial charge in [0, 0.05) is 19.3 Å². The van der Waals surface area contributed by atoms with Crippen molar-refractivity contribution in [2.45, 2.75) is 25.7 Å². The van der Waals surface area contributed by atoms with Crippen LogP contribution in [0.2, 0.25) is 0 Å². The van der Waals surface area contributed by atoms with Gasteiger partial charge in [-0.2, -0.15) is 5.26 Å². The lowest BCUT2D eigenvalue weighted by atomic mass is 10.1. The zero-order chi connectivity index (χ0) is 26.4. The molecular formula is C23H20N4O9. The monoisotopic (exact) mass is 496 g/mol. The van der Waals surface area contributed by atoms with Crippen molar-refractivity contribution >= 4 is 41.6 Å². The number of phenolic OH excluding ortho intramolecular Hbond substituents is 1. The first kappa shape index (κ1) is 25.6. The van der Waals surface area contributed by atoms with Crippen LogP contribution in [0, 0.1) is 11.3 Å². The average Bonchev–Trinajstić information content (AvgIpc) is 3.33. The minimum atomic E-state index is -1.23. The Morgan fingerprint density at radius 3 is 1.94 bits per heavy atom.